The Hall–Kier alpha value is -2.54. The average Bonchev–Trinajstić information content (AvgIpc) is 2.90. The van der Waals surface area contributed by atoms with Crippen LogP contribution < -0.4 is 10.6 Å². The zero-order valence-electron chi connectivity index (χ0n) is 11.4. The van der Waals surface area contributed by atoms with Gasteiger partial charge in [-0.25, -0.2) is 4.98 Å². The molecule has 1 aromatic carbocycles. The van der Waals surface area contributed by atoms with Crippen LogP contribution in [0.3, 0.4) is 0 Å². The summed E-state index contributed by atoms with van der Waals surface area (Å²) in [5, 5.41) is 15.0. The third-order valence-electron chi connectivity index (χ3n) is 3.27. The van der Waals surface area contributed by atoms with Crippen molar-refractivity contribution in [2.24, 2.45) is 0 Å². The average molecular weight is 288 g/mol. The number of rotatable bonds is 4. The number of nitrogens with zero attached hydrogens (tertiary/aromatic N) is 2. The molecule has 1 aromatic heterocycles. The zero-order chi connectivity index (χ0) is 14.7. The number of nitrogens with one attached hydrogen (secondary N) is 2. The number of phenolic OH excluding ortho intramolecular Hbond substituents is 1. The highest BCUT2D eigenvalue weighted by Gasteiger charge is 2.16. The number of hydrogen-bond acceptors (Lipinski definition) is 5. The molecule has 0 radical (unpaired) electrons. The van der Waals surface area contributed by atoms with Gasteiger partial charge in [-0.05, 0) is 17.7 Å². The Labute approximate surface area is 121 Å². The quantitative estimate of drug-likeness (QED) is 0.774. The van der Waals surface area contributed by atoms with Gasteiger partial charge in [-0.3, -0.25) is 4.79 Å². The van der Waals surface area contributed by atoms with E-state index in [-0.39, 0.29) is 18.2 Å². The van der Waals surface area contributed by atoms with Crippen molar-refractivity contribution in [3.05, 3.63) is 41.9 Å². The number of amides is 1. The molecular weight excluding hydrogens is 272 g/mol. The fourth-order valence-corrected chi connectivity index (χ4v) is 2.14. The second-order valence-corrected chi connectivity index (χ2v) is 4.78. The molecule has 110 valence electrons. The number of aromatic nitrogens is 2. The van der Waals surface area contributed by atoms with Crippen LogP contribution in [0.1, 0.15) is 11.3 Å². The van der Waals surface area contributed by atoms with E-state index in [1.807, 2.05) is 0 Å². The molecular formula is C14H16N4O3. The number of hydrogen-bond donors (Lipinski definition) is 3. The molecule has 3 N–H and O–H groups in total. The minimum atomic E-state index is -0.103. The summed E-state index contributed by atoms with van der Waals surface area (Å²) in [6.07, 6.45) is 1.63. The van der Waals surface area contributed by atoms with Gasteiger partial charge in [0, 0.05) is 6.54 Å². The number of imidazole rings is 1. The Morgan fingerprint density at radius 3 is 3.05 bits per heavy atom. The summed E-state index contributed by atoms with van der Waals surface area (Å²) in [5.41, 5.74) is 1.81. The number of benzene rings is 1. The molecule has 7 heteroatoms. The van der Waals surface area contributed by atoms with Crippen molar-refractivity contribution in [1.82, 2.24) is 14.9 Å². The summed E-state index contributed by atoms with van der Waals surface area (Å²) in [6, 6.07) is 6.73. The van der Waals surface area contributed by atoms with E-state index in [4.69, 9.17) is 4.74 Å². The second kappa shape index (κ2) is 5.84. The maximum atomic E-state index is 12.0. The maximum Gasteiger partial charge on any atom is 0.240 e. The highest BCUT2D eigenvalue weighted by atomic mass is 16.5. The van der Waals surface area contributed by atoms with E-state index in [0.29, 0.717) is 19.9 Å². The topological polar surface area (TPSA) is 88.4 Å². The molecule has 0 unspecified atom stereocenters. The number of fused-ring (bicyclic) bond motifs is 1. The largest absolute Gasteiger partial charge is 0.508 e. The lowest BCUT2D eigenvalue weighted by Gasteiger charge is -2.16. The fraction of sp³-hybridized carbons (Fsp3) is 0.286. The van der Waals surface area contributed by atoms with Crippen LogP contribution in [0.15, 0.2) is 30.6 Å². The smallest absolute Gasteiger partial charge is 0.240 e. The van der Waals surface area contributed by atoms with Crippen LogP contribution in [-0.4, -0.2) is 27.3 Å². The summed E-state index contributed by atoms with van der Waals surface area (Å²) in [6.45, 7) is 1.51. The molecule has 2 aromatic rings. The van der Waals surface area contributed by atoms with Gasteiger partial charge in [-0.15, -0.1) is 0 Å². The van der Waals surface area contributed by atoms with Crippen molar-refractivity contribution in [3.8, 4) is 5.75 Å². The molecule has 1 amide bonds. The molecule has 1 aliphatic heterocycles. The Bertz CT molecular complexity index is 636. The molecule has 21 heavy (non-hydrogen) atoms. The monoisotopic (exact) mass is 288 g/mol. The molecule has 0 saturated carbocycles. The van der Waals surface area contributed by atoms with E-state index in [0.717, 1.165) is 17.1 Å². The van der Waals surface area contributed by atoms with E-state index in [9.17, 15) is 9.90 Å². The molecule has 7 nitrogen and oxygen atoms in total. The SMILES string of the molecule is O=C(Cn1cnc2c1COCN2)NCc1ccc(O)cc1. The normalized spacial score (nSPS) is 13.3. The van der Waals surface area contributed by atoms with Gasteiger partial charge in [0.15, 0.2) is 5.82 Å². The van der Waals surface area contributed by atoms with Crippen LogP contribution in [-0.2, 0) is 29.2 Å². The van der Waals surface area contributed by atoms with Gasteiger partial charge in [-0.1, -0.05) is 12.1 Å². The molecule has 3 rings (SSSR count). The van der Waals surface area contributed by atoms with Crippen LogP contribution in [0.25, 0.3) is 0 Å². The summed E-state index contributed by atoms with van der Waals surface area (Å²) >= 11 is 0. The van der Waals surface area contributed by atoms with Gasteiger partial charge in [0.25, 0.3) is 0 Å². The number of phenols is 1. The first kappa shape index (κ1) is 13.4. The van der Waals surface area contributed by atoms with Gasteiger partial charge in [0.1, 0.15) is 19.0 Å². The van der Waals surface area contributed by atoms with Crippen molar-refractivity contribution in [2.75, 3.05) is 12.0 Å². The summed E-state index contributed by atoms with van der Waals surface area (Å²) in [7, 11) is 0. The highest BCUT2D eigenvalue weighted by Crippen LogP contribution is 2.18. The molecule has 0 atom stereocenters. The molecule has 0 saturated heterocycles. The van der Waals surface area contributed by atoms with E-state index in [1.165, 1.54) is 0 Å². The first-order chi connectivity index (χ1) is 10.2. The third kappa shape index (κ3) is 3.14. The lowest BCUT2D eigenvalue weighted by atomic mass is 10.2. The number of aromatic hydroxyl groups is 1. The third-order valence-corrected chi connectivity index (χ3v) is 3.27. The summed E-state index contributed by atoms with van der Waals surface area (Å²) < 4.78 is 7.06. The Morgan fingerprint density at radius 2 is 2.24 bits per heavy atom. The lowest BCUT2D eigenvalue weighted by molar-refractivity contribution is -0.121. The van der Waals surface area contributed by atoms with E-state index >= 15 is 0 Å². The van der Waals surface area contributed by atoms with E-state index < -0.39 is 0 Å². The number of anilines is 1. The fourth-order valence-electron chi connectivity index (χ4n) is 2.14. The van der Waals surface area contributed by atoms with E-state index in [1.54, 1.807) is 35.2 Å². The van der Waals surface area contributed by atoms with Crippen molar-refractivity contribution < 1.29 is 14.6 Å². The van der Waals surface area contributed by atoms with Gasteiger partial charge in [0.2, 0.25) is 5.91 Å². The maximum absolute atomic E-state index is 12.0. The molecule has 0 aliphatic carbocycles. The first-order valence-electron chi connectivity index (χ1n) is 6.62. The van der Waals surface area contributed by atoms with Crippen LogP contribution in [0, 0.1) is 0 Å². The molecule has 0 fully saturated rings. The Balaban J connectivity index is 1.57. The molecule has 0 spiro atoms. The number of carbonyl (C=O) groups excluding carboxylic acids is 1. The molecule has 0 bridgehead atoms. The van der Waals surface area contributed by atoms with Gasteiger partial charge >= 0.3 is 0 Å². The van der Waals surface area contributed by atoms with Crippen molar-refractivity contribution in [1.29, 1.82) is 0 Å². The summed E-state index contributed by atoms with van der Waals surface area (Å²) in [5.74, 6) is 0.879. The zero-order valence-corrected chi connectivity index (χ0v) is 11.4. The Morgan fingerprint density at radius 1 is 1.43 bits per heavy atom. The number of carbonyl (C=O) groups is 1. The minimum absolute atomic E-state index is 0.103. The minimum Gasteiger partial charge on any atom is -0.508 e. The standard InChI is InChI=1S/C14H16N4O3/c19-11-3-1-10(2-4-11)5-15-13(20)6-18-8-16-14-12(18)7-21-9-17-14/h1-4,8,17,19H,5-7,9H2,(H,15,20). The lowest BCUT2D eigenvalue weighted by Crippen LogP contribution is -2.28. The second-order valence-electron chi connectivity index (χ2n) is 4.78. The predicted molar refractivity (Wildman–Crippen MR) is 75.5 cm³/mol. The van der Waals surface area contributed by atoms with Crippen LogP contribution >= 0.6 is 0 Å². The molecule has 1 aliphatic rings. The number of ether oxygens (including phenoxy) is 1. The molecule has 2 heterocycles. The van der Waals surface area contributed by atoms with Crippen molar-refractivity contribution in [3.63, 3.8) is 0 Å². The van der Waals surface area contributed by atoms with E-state index in [2.05, 4.69) is 15.6 Å². The van der Waals surface area contributed by atoms with Gasteiger partial charge in [0.05, 0.1) is 18.6 Å². The Kier molecular flexibility index (Phi) is 3.74. The summed E-state index contributed by atoms with van der Waals surface area (Å²) in [4.78, 5) is 16.2. The predicted octanol–water partition coefficient (Wildman–Crippen LogP) is 0.805. The highest BCUT2D eigenvalue weighted by molar-refractivity contribution is 5.76. The van der Waals surface area contributed by atoms with Crippen LogP contribution in [0.2, 0.25) is 0 Å². The van der Waals surface area contributed by atoms with Crippen LogP contribution in [0.5, 0.6) is 5.75 Å². The van der Waals surface area contributed by atoms with Crippen molar-refractivity contribution >= 4 is 11.7 Å². The van der Waals surface area contributed by atoms with Crippen LogP contribution in [0.4, 0.5) is 5.82 Å². The first-order valence-corrected chi connectivity index (χ1v) is 6.62. The van der Waals surface area contributed by atoms with Crippen molar-refractivity contribution in [2.45, 2.75) is 19.7 Å². The van der Waals surface area contributed by atoms with Gasteiger partial charge < -0.3 is 25.0 Å². The van der Waals surface area contributed by atoms with Gasteiger partial charge in [-0.2, -0.15) is 0 Å².